The van der Waals surface area contributed by atoms with Crippen LogP contribution in [-0.4, -0.2) is 34.5 Å². The van der Waals surface area contributed by atoms with Crippen LogP contribution in [0.5, 0.6) is 0 Å². The lowest BCUT2D eigenvalue weighted by Gasteiger charge is -2.34. The predicted molar refractivity (Wildman–Crippen MR) is 70.0 cm³/mol. The number of amides is 2. The van der Waals surface area contributed by atoms with Crippen LogP contribution in [-0.2, 0) is 0 Å². The van der Waals surface area contributed by atoms with Gasteiger partial charge in [0, 0.05) is 24.5 Å². The van der Waals surface area contributed by atoms with Crippen molar-refractivity contribution in [3.05, 3.63) is 30.1 Å². The first kappa shape index (κ1) is 12.8. The lowest BCUT2D eigenvalue weighted by Crippen LogP contribution is -2.46. The quantitative estimate of drug-likeness (QED) is 0.843. The van der Waals surface area contributed by atoms with E-state index in [-0.39, 0.29) is 17.6 Å². The molecule has 0 radical (unpaired) electrons. The smallest absolute Gasteiger partial charge is 0.318 e. The maximum atomic E-state index is 12.0. The van der Waals surface area contributed by atoms with Crippen LogP contribution in [0.2, 0.25) is 0 Å². The van der Waals surface area contributed by atoms with E-state index < -0.39 is 0 Å². The van der Waals surface area contributed by atoms with Crippen LogP contribution in [0.15, 0.2) is 24.5 Å². The molecule has 1 fully saturated rings. The minimum absolute atomic E-state index is 0.0169. The molecule has 2 rings (SSSR count). The molecule has 1 aliphatic rings. The molecule has 0 spiro atoms. The van der Waals surface area contributed by atoms with Crippen LogP contribution in [0, 0.1) is 0 Å². The van der Waals surface area contributed by atoms with Crippen LogP contribution in [0.25, 0.3) is 0 Å². The van der Waals surface area contributed by atoms with Gasteiger partial charge in [0.15, 0.2) is 0 Å². The Morgan fingerprint density at radius 1 is 1.61 bits per heavy atom. The normalized spacial score (nSPS) is 20.1. The Balaban J connectivity index is 2.12. The van der Waals surface area contributed by atoms with Gasteiger partial charge in [-0.1, -0.05) is 6.07 Å². The zero-order chi connectivity index (χ0) is 13.2. The van der Waals surface area contributed by atoms with Crippen molar-refractivity contribution in [3.8, 4) is 0 Å². The van der Waals surface area contributed by atoms with Crippen molar-refractivity contribution in [1.82, 2.24) is 15.2 Å². The second-order valence-electron chi connectivity index (χ2n) is 5.25. The van der Waals surface area contributed by atoms with Gasteiger partial charge >= 0.3 is 6.03 Å². The first-order valence-corrected chi connectivity index (χ1v) is 6.23. The van der Waals surface area contributed by atoms with E-state index in [0.717, 1.165) is 12.0 Å². The average Bonchev–Trinajstić information content (AvgIpc) is 2.73. The number of hydrogen-bond donors (Lipinski definition) is 2. The lowest BCUT2D eigenvalue weighted by molar-refractivity contribution is 0.153. The summed E-state index contributed by atoms with van der Waals surface area (Å²) in [5, 5.41) is 2.99. The highest BCUT2D eigenvalue weighted by atomic mass is 16.2. The third-order valence-electron chi connectivity index (χ3n) is 3.48. The highest BCUT2D eigenvalue weighted by Crippen LogP contribution is 2.27. The van der Waals surface area contributed by atoms with Gasteiger partial charge in [0.25, 0.3) is 0 Å². The summed E-state index contributed by atoms with van der Waals surface area (Å²) in [6.07, 6.45) is 4.32. The molecule has 1 saturated heterocycles. The summed E-state index contributed by atoms with van der Waals surface area (Å²) in [6.45, 7) is 5.34. The van der Waals surface area contributed by atoms with Gasteiger partial charge in [0.1, 0.15) is 0 Å². The fourth-order valence-corrected chi connectivity index (χ4v) is 2.32. The monoisotopic (exact) mass is 248 g/mol. The lowest BCUT2D eigenvalue weighted by atomic mass is 9.98. The molecule has 1 atom stereocenters. The second-order valence-corrected chi connectivity index (χ2v) is 5.25. The van der Waals surface area contributed by atoms with Crippen molar-refractivity contribution >= 4 is 6.03 Å². The minimum Gasteiger partial charge on any atom is -0.330 e. The Bertz CT molecular complexity index is 418. The molecule has 0 aromatic carbocycles. The van der Waals surface area contributed by atoms with E-state index in [1.54, 1.807) is 12.4 Å². The Labute approximate surface area is 107 Å². The van der Waals surface area contributed by atoms with E-state index in [2.05, 4.69) is 10.3 Å². The second kappa shape index (κ2) is 4.94. The van der Waals surface area contributed by atoms with Crippen LogP contribution < -0.4 is 11.1 Å². The molecule has 2 amide bonds. The molecule has 3 N–H and O–H groups in total. The highest BCUT2D eigenvalue weighted by Gasteiger charge is 2.38. The minimum atomic E-state index is -0.213. The van der Waals surface area contributed by atoms with E-state index in [1.165, 1.54) is 0 Å². The third kappa shape index (κ3) is 2.46. The predicted octanol–water partition coefficient (Wildman–Crippen LogP) is 1.28. The summed E-state index contributed by atoms with van der Waals surface area (Å²) in [7, 11) is 0. The number of pyridine rings is 1. The summed E-state index contributed by atoms with van der Waals surface area (Å²) >= 11 is 0. The molecule has 18 heavy (non-hydrogen) atoms. The van der Waals surface area contributed by atoms with E-state index in [1.807, 2.05) is 30.9 Å². The number of carbonyl (C=O) groups excluding carboxylic acids is 1. The van der Waals surface area contributed by atoms with Gasteiger partial charge in [0.05, 0.1) is 6.04 Å². The van der Waals surface area contributed by atoms with E-state index >= 15 is 0 Å². The number of urea groups is 1. The standard InChI is InChI=1S/C13H20N4O/c1-13(2,5-6-14)17-9-11(16-12(17)18)10-4-3-7-15-8-10/h3-4,7-8,11H,5-6,9,14H2,1-2H3,(H,16,18). The molecule has 2 heterocycles. The first-order valence-electron chi connectivity index (χ1n) is 6.23. The number of carbonyl (C=O) groups is 1. The summed E-state index contributed by atoms with van der Waals surface area (Å²) < 4.78 is 0. The summed E-state index contributed by atoms with van der Waals surface area (Å²) in [5.74, 6) is 0. The molecule has 1 aromatic heterocycles. The van der Waals surface area contributed by atoms with Crippen LogP contribution in [0.1, 0.15) is 31.9 Å². The van der Waals surface area contributed by atoms with Crippen molar-refractivity contribution in [3.63, 3.8) is 0 Å². The van der Waals surface area contributed by atoms with Crippen molar-refractivity contribution in [2.45, 2.75) is 31.8 Å². The molecular weight excluding hydrogens is 228 g/mol. The van der Waals surface area contributed by atoms with Gasteiger partial charge in [-0.15, -0.1) is 0 Å². The fourth-order valence-electron chi connectivity index (χ4n) is 2.32. The van der Waals surface area contributed by atoms with E-state index in [4.69, 9.17) is 5.73 Å². The molecule has 1 unspecified atom stereocenters. The SMILES string of the molecule is CC(C)(CCN)N1CC(c2cccnc2)NC1=O. The number of nitrogens with one attached hydrogen (secondary N) is 1. The summed E-state index contributed by atoms with van der Waals surface area (Å²) in [6, 6.07) is 3.86. The maximum Gasteiger partial charge on any atom is 0.318 e. The summed E-state index contributed by atoms with van der Waals surface area (Å²) in [4.78, 5) is 18.0. The van der Waals surface area contributed by atoms with Gasteiger partial charge in [-0.3, -0.25) is 4.98 Å². The molecule has 5 heteroatoms. The molecule has 98 valence electrons. The Morgan fingerprint density at radius 3 is 3.00 bits per heavy atom. The van der Waals surface area contributed by atoms with Gasteiger partial charge in [-0.25, -0.2) is 4.79 Å². The topological polar surface area (TPSA) is 71.2 Å². The van der Waals surface area contributed by atoms with Gasteiger partial charge in [0.2, 0.25) is 0 Å². The number of nitrogens with two attached hydrogens (primary N) is 1. The number of aromatic nitrogens is 1. The Hall–Kier alpha value is -1.62. The number of nitrogens with zero attached hydrogens (tertiary/aromatic N) is 2. The first-order chi connectivity index (χ1) is 8.54. The molecule has 0 aliphatic carbocycles. The van der Waals surface area contributed by atoms with Crippen molar-refractivity contribution in [2.24, 2.45) is 5.73 Å². The zero-order valence-electron chi connectivity index (χ0n) is 10.9. The van der Waals surface area contributed by atoms with Crippen molar-refractivity contribution in [2.75, 3.05) is 13.1 Å². The molecule has 0 bridgehead atoms. The zero-order valence-corrected chi connectivity index (χ0v) is 10.9. The fraction of sp³-hybridized carbons (Fsp3) is 0.538. The molecular formula is C13H20N4O. The van der Waals surface area contributed by atoms with Crippen LogP contribution in [0.4, 0.5) is 4.79 Å². The van der Waals surface area contributed by atoms with Crippen LogP contribution >= 0.6 is 0 Å². The Kier molecular flexibility index (Phi) is 3.52. The summed E-state index contributed by atoms with van der Waals surface area (Å²) in [5.41, 5.74) is 6.43. The molecule has 0 saturated carbocycles. The largest absolute Gasteiger partial charge is 0.330 e. The number of rotatable bonds is 4. The van der Waals surface area contributed by atoms with Crippen LogP contribution in [0.3, 0.4) is 0 Å². The highest BCUT2D eigenvalue weighted by molar-refractivity contribution is 5.78. The maximum absolute atomic E-state index is 12.0. The van der Waals surface area contributed by atoms with Gasteiger partial charge in [-0.05, 0) is 38.4 Å². The van der Waals surface area contributed by atoms with Crippen molar-refractivity contribution < 1.29 is 4.79 Å². The third-order valence-corrected chi connectivity index (χ3v) is 3.48. The van der Waals surface area contributed by atoms with Gasteiger partial charge in [-0.2, -0.15) is 0 Å². The Morgan fingerprint density at radius 2 is 2.39 bits per heavy atom. The molecule has 1 aliphatic heterocycles. The average molecular weight is 248 g/mol. The van der Waals surface area contributed by atoms with E-state index in [0.29, 0.717) is 13.1 Å². The van der Waals surface area contributed by atoms with Gasteiger partial charge < -0.3 is 16.0 Å². The molecule has 5 nitrogen and oxygen atoms in total. The number of hydrogen-bond acceptors (Lipinski definition) is 3. The molecule has 1 aromatic rings. The van der Waals surface area contributed by atoms with E-state index in [9.17, 15) is 4.79 Å². The van der Waals surface area contributed by atoms with Crippen molar-refractivity contribution in [1.29, 1.82) is 0 Å².